The molecule has 6 nitrogen and oxygen atoms in total. The fourth-order valence-electron chi connectivity index (χ4n) is 5.35. The van der Waals surface area contributed by atoms with E-state index in [1.54, 1.807) is 0 Å². The number of amides is 2. The van der Waals surface area contributed by atoms with E-state index < -0.39 is 12.5 Å². The summed E-state index contributed by atoms with van der Waals surface area (Å²) in [6.45, 7) is 8.78. The first-order chi connectivity index (χ1) is 18.7. The number of likely N-dealkylation sites (tertiary alicyclic amines) is 2. The number of nitrogens with one attached hydrogen (secondary N) is 1. The van der Waals surface area contributed by atoms with E-state index in [2.05, 4.69) is 10.1 Å². The molecule has 2 aliphatic heterocycles. The number of halogens is 3. The number of rotatable bonds is 8. The molecular formula is C30H48F3N3O3. The first kappa shape index (κ1) is 33.1. The number of benzene rings is 1. The van der Waals surface area contributed by atoms with Gasteiger partial charge < -0.3 is 15.1 Å². The lowest BCUT2D eigenvalue weighted by molar-refractivity contribution is -0.352. The summed E-state index contributed by atoms with van der Waals surface area (Å²) in [5.41, 5.74) is 0.377. The van der Waals surface area contributed by atoms with Crippen LogP contribution in [0.1, 0.15) is 91.4 Å². The summed E-state index contributed by atoms with van der Waals surface area (Å²) in [7, 11) is 0. The van der Waals surface area contributed by atoms with Gasteiger partial charge in [0.25, 0.3) is 0 Å². The zero-order chi connectivity index (χ0) is 28.7. The third kappa shape index (κ3) is 12.3. The summed E-state index contributed by atoms with van der Waals surface area (Å²) < 4.78 is 40.0. The number of alkyl halides is 3. The smallest absolute Gasteiger partial charge is 0.343 e. The minimum Gasteiger partial charge on any atom is -0.343 e. The zero-order valence-corrected chi connectivity index (χ0v) is 23.9. The monoisotopic (exact) mass is 555 g/mol. The highest BCUT2D eigenvalue weighted by atomic mass is 19.4. The molecule has 222 valence electrons. The third-order valence-corrected chi connectivity index (χ3v) is 7.67. The fourth-order valence-corrected chi connectivity index (χ4v) is 5.35. The molecule has 1 unspecified atom stereocenters. The van der Waals surface area contributed by atoms with Crippen LogP contribution in [0.15, 0.2) is 36.4 Å². The molecule has 2 saturated heterocycles. The van der Waals surface area contributed by atoms with Gasteiger partial charge in [-0.25, -0.2) is 0 Å². The molecule has 2 aliphatic carbocycles. The Balaban J connectivity index is 0.000000253. The van der Waals surface area contributed by atoms with Gasteiger partial charge in [-0.3, -0.25) is 14.3 Å². The van der Waals surface area contributed by atoms with Crippen LogP contribution < -0.4 is 5.32 Å². The molecule has 2 saturated carbocycles. The van der Waals surface area contributed by atoms with Gasteiger partial charge in [0, 0.05) is 43.7 Å². The fraction of sp³-hybridized carbons (Fsp3) is 0.733. The maximum absolute atomic E-state index is 12.0. The second-order valence-electron chi connectivity index (χ2n) is 10.7. The summed E-state index contributed by atoms with van der Waals surface area (Å²) in [6.07, 6.45) is 6.02. The lowest BCUT2D eigenvalue weighted by Crippen LogP contribution is -2.49. The quantitative estimate of drug-likeness (QED) is 0.382. The number of carbonyl (C=O) groups is 2. The third-order valence-electron chi connectivity index (χ3n) is 7.67. The van der Waals surface area contributed by atoms with Crippen molar-refractivity contribution in [3.63, 3.8) is 0 Å². The van der Waals surface area contributed by atoms with Crippen molar-refractivity contribution in [3.8, 4) is 0 Å². The van der Waals surface area contributed by atoms with Crippen molar-refractivity contribution in [2.45, 2.75) is 121 Å². The van der Waals surface area contributed by atoms with E-state index >= 15 is 0 Å². The van der Waals surface area contributed by atoms with Crippen molar-refractivity contribution in [2.75, 3.05) is 19.6 Å². The normalized spacial score (nSPS) is 23.2. The highest BCUT2D eigenvalue weighted by Gasteiger charge is 2.50. The number of hydrogen-bond donors (Lipinski definition) is 1. The van der Waals surface area contributed by atoms with E-state index in [0.29, 0.717) is 24.8 Å². The molecule has 2 heterocycles. The molecule has 0 aromatic heterocycles. The van der Waals surface area contributed by atoms with Gasteiger partial charge in [-0.05, 0) is 71.1 Å². The van der Waals surface area contributed by atoms with Gasteiger partial charge in [-0.2, -0.15) is 0 Å². The molecule has 1 atom stereocenters. The van der Waals surface area contributed by atoms with Crippen molar-refractivity contribution in [1.82, 2.24) is 15.1 Å². The van der Waals surface area contributed by atoms with Crippen LogP contribution >= 0.6 is 0 Å². The van der Waals surface area contributed by atoms with Crippen LogP contribution in [0.3, 0.4) is 0 Å². The second-order valence-corrected chi connectivity index (χ2v) is 10.7. The molecule has 1 aromatic carbocycles. The van der Waals surface area contributed by atoms with E-state index in [1.165, 1.54) is 25.7 Å². The predicted octanol–water partition coefficient (Wildman–Crippen LogP) is 6.31. The minimum absolute atomic E-state index is 0.0941. The molecule has 4 fully saturated rings. The average molecular weight is 556 g/mol. The van der Waals surface area contributed by atoms with Crippen LogP contribution in [0.5, 0.6) is 0 Å². The van der Waals surface area contributed by atoms with Crippen molar-refractivity contribution >= 4 is 12.3 Å². The van der Waals surface area contributed by atoms with Gasteiger partial charge in [0.1, 0.15) is 0 Å². The van der Waals surface area contributed by atoms with Crippen molar-refractivity contribution in [2.24, 2.45) is 0 Å². The van der Waals surface area contributed by atoms with E-state index in [4.69, 9.17) is 0 Å². The van der Waals surface area contributed by atoms with Gasteiger partial charge in [0.15, 0.2) is 0 Å². The van der Waals surface area contributed by atoms with E-state index in [0.717, 1.165) is 51.7 Å². The molecule has 0 radical (unpaired) electrons. The van der Waals surface area contributed by atoms with Crippen LogP contribution in [-0.4, -0.2) is 71.8 Å². The Bertz CT molecular complexity index is 782. The van der Waals surface area contributed by atoms with Crippen LogP contribution in [-0.2, 0) is 14.3 Å². The van der Waals surface area contributed by atoms with Crippen LogP contribution in [0.4, 0.5) is 13.2 Å². The van der Waals surface area contributed by atoms with Gasteiger partial charge in [-0.1, -0.05) is 50.2 Å². The van der Waals surface area contributed by atoms with Crippen molar-refractivity contribution in [1.29, 1.82) is 0 Å². The standard InChI is InChI=1S/C15H25F3N2O2.C7H11NO.C6H6.C2H6/c1-11(5-4-6-14(21)20-7-2-3-8-20)19-12-9-13(10-12)22-15(16,17)18;9-6-8-5-1-2-7(8)3-4-7;1-2-4-6-5-3-1;1-2/h11-13,19H,2-10H2,1H3;6H,1-5H2;1-6H;1-2H3. The summed E-state index contributed by atoms with van der Waals surface area (Å²) in [5.74, 6) is 0.229. The maximum atomic E-state index is 12.0. The predicted molar refractivity (Wildman–Crippen MR) is 148 cm³/mol. The SMILES string of the molecule is CC.CC(CCCC(=O)N1CCCC1)NC1CC(OC(F)(F)F)C1.O=CN1CCCC12CC2.c1ccccc1. The first-order valence-corrected chi connectivity index (χ1v) is 14.7. The first-order valence-electron chi connectivity index (χ1n) is 14.7. The van der Waals surface area contributed by atoms with E-state index in [9.17, 15) is 22.8 Å². The molecule has 5 rings (SSSR count). The summed E-state index contributed by atoms with van der Waals surface area (Å²) >= 11 is 0. The molecule has 39 heavy (non-hydrogen) atoms. The molecule has 1 spiro atoms. The summed E-state index contributed by atoms with van der Waals surface area (Å²) in [4.78, 5) is 26.2. The Labute approximate surface area is 232 Å². The molecule has 2 amide bonds. The van der Waals surface area contributed by atoms with Gasteiger partial charge in [0.2, 0.25) is 12.3 Å². The van der Waals surface area contributed by atoms with Gasteiger partial charge in [-0.15, -0.1) is 13.2 Å². The number of ether oxygens (including phenoxy) is 1. The number of hydrogen-bond acceptors (Lipinski definition) is 4. The molecule has 1 aromatic rings. The molecule has 1 N–H and O–H groups in total. The lowest BCUT2D eigenvalue weighted by atomic mass is 9.88. The van der Waals surface area contributed by atoms with Gasteiger partial charge >= 0.3 is 6.36 Å². The topological polar surface area (TPSA) is 61.9 Å². The van der Waals surface area contributed by atoms with Gasteiger partial charge in [0.05, 0.1) is 6.10 Å². The molecule has 9 heteroatoms. The average Bonchev–Trinajstić information content (AvgIpc) is 3.29. The number of nitrogens with zero attached hydrogens (tertiary/aromatic N) is 2. The Kier molecular flexibility index (Phi) is 14.3. The summed E-state index contributed by atoms with van der Waals surface area (Å²) in [5, 5.41) is 3.30. The Hall–Kier alpha value is -2.13. The zero-order valence-electron chi connectivity index (χ0n) is 23.9. The Morgan fingerprint density at radius 2 is 1.56 bits per heavy atom. The van der Waals surface area contributed by atoms with Crippen LogP contribution in [0.2, 0.25) is 0 Å². The summed E-state index contributed by atoms with van der Waals surface area (Å²) in [6, 6.07) is 12.3. The van der Waals surface area contributed by atoms with Crippen molar-refractivity contribution in [3.05, 3.63) is 36.4 Å². The number of carbonyl (C=O) groups excluding carboxylic acids is 2. The van der Waals surface area contributed by atoms with E-state index in [1.807, 2.05) is 67.0 Å². The van der Waals surface area contributed by atoms with Crippen molar-refractivity contribution < 1.29 is 27.5 Å². The largest absolute Gasteiger partial charge is 0.522 e. The Morgan fingerprint density at radius 1 is 1.00 bits per heavy atom. The molecule has 4 aliphatic rings. The Morgan fingerprint density at radius 3 is 2.03 bits per heavy atom. The minimum atomic E-state index is -4.53. The van der Waals surface area contributed by atoms with Crippen LogP contribution in [0, 0.1) is 0 Å². The molecular weight excluding hydrogens is 507 g/mol. The van der Waals surface area contributed by atoms with Crippen LogP contribution in [0.25, 0.3) is 0 Å². The van der Waals surface area contributed by atoms with E-state index in [-0.39, 0.29) is 18.0 Å². The second kappa shape index (κ2) is 16.9. The lowest BCUT2D eigenvalue weighted by Gasteiger charge is -2.37. The maximum Gasteiger partial charge on any atom is 0.522 e. The highest BCUT2D eigenvalue weighted by Crippen LogP contribution is 2.48. The molecule has 0 bridgehead atoms. The highest BCUT2D eigenvalue weighted by molar-refractivity contribution is 5.76.